The fourth-order valence-corrected chi connectivity index (χ4v) is 1.99. The molecule has 1 aliphatic rings. The van der Waals surface area contributed by atoms with Gasteiger partial charge in [-0.2, -0.15) is 5.26 Å². The summed E-state index contributed by atoms with van der Waals surface area (Å²) in [6.07, 6.45) is 3.48. The van der Waals surface area contributed by atoms with Crippen LogP contribution in [0.15, 0.2) is 12.1 Å². The van der Waals surface area contributed by atoms with Crippen molar-refractivity contribution in [2.45, 2.75) is 40.0 Å². The van der Waals surface area contributed by atoms with E-state index in [1.807, 2.05) is 19.9 Å². The lowest BCUT2D eigenvalue weighted by Gasteiger charge is -2.04. The lowest BCUT2D eigenvalue weighted by Crippen LogP contribution is -1.91. The summed E-state index contributed by atoms with van der Waals surface area (Å²) in [5.74, 6) is 0. The molecule has 0 saturated heterocycles. The highest BCUT2D eigenvalue weighted by atomic mass is 14.3. The van der Waals surface area contributed by atoms with E-state index in [-0.39, 0.29) is 0 Å². The molecule has 1 aromatic carbocycles. The third-order valence-corrected chi connectivity index (χ3v) is 2.64. The Balaban J connectivity index is 0.000000461. The fraction of sp³-hybridized carbons (Fsp3) is 0.462. The predicted molar refractivity (Wildman–Crippen MR) is 59.3 cm³/mol. The summed E-state index contributed by atoms with van der Waals surface area (Å²) in [7, 11) is 0. The van der Waals surface area contributed by atoms with Gasteiger partial charge in [0.25, 0.3) is 0 Å². The Labute approximate surface area is 86.4 Å². The van der Waals surface area contributed by atoms with E-state index < -0.39 is 0 Å². The monoisotopic (exact) mass is 187 g/mol. The molecule has 1 aliphatic carbocycles. The van der Waals surface area contributed by atoms with Crippen molar-refractivity contribution in [1.29, 1.82) is 5.26 Å². The zero-order valence-corrected chi connectivity index (χ0v) is 9.22. The van der Waals surface area contributed by atoms with Gasteiger partial charge >= 0.3 is 0 Å². The summed E-state index contributed by atoms with van der Waals surface area (Å²) in [5, 5.41) is 8.84. The van der Waals surface area contributed by atoms with E-state index in [1.165, 1.54) is 23.1 Å². The van der Waals surface area contributed by atoms with Crippen LogP contribution in [0.5, 0.6) is 0 Å². The van der Waals surface area contributed by atoms with E-state index in [9.17, 15) is 0 Å². The van der Waals surface area contributed by atoms with Gasteiger partial charge < -0.3 is 0 Å². The number of fused-ring (bicyclic) bond motifs is 1. The van der Waals surface area contributed by atoms with E-state index in [0.29, 0.717) is 0 Å². The molecule has 0 radical (unpaired) electrons. The second-order valence-electron chi connectivity index (χ2n) is 3.35. The van der Waals surface area contributed by atoms with Crippen LogP contribution in [0.4, 0.5) is 0 Å². The molecule has 0 unspecified atom stereocenters. The SMILES string of the molecule is CC.Cc1ccc(C#N)c2c1CCC2. The second-order valence-corrected chi connectivity index (χ2v) is 3.35. The number of hydrogen-bond donors (Lipinski definition) is 0. The van der Waals surface area contributed by atoms with Crippen LogP contribution in [-0.4, -0.2) is 0 Å². The summed E-state index contributed by atoms with van der Waals surface area (Å²) in [5.41, 5.74) is 4.96. The first kappa shape index (κ1) is 10.8. The molecule has 0 aliphatic heterocycles. The number of rotatable bonds is 0. The topological polar surface area (TPSA) is 23.8 Å². The van der Waals surface area contributed by atoms with Crippen molar-refractivity contribution >= 4 is 0 Å². The minimum Gasteiger partial charge on any atom is -0.192 e. The number of hydrogen-bond acceptors (Lipinski definition) is 1. The summed E-state index contributed by atoms with van der Waals surface area (Å²) < 4.78 is 0. The van der Waals surface area contributed by atoms with Crippen molar-refractivity contribution in [1.82, 2.24) is 0 Å². The van der Waals surface area contributed by atoms with Gasteiger partial charge in [0.05, 0.1) is 11.6 Å². The lowest BCUT2D eigenvalue weighted by atomic mass is 10.00. The molecule has 1 heteroatoms. The maximum Gasteiger partial charge on any atom is 0.0994 e. The highest BCUT2D eigenvalue weighted by Crippen LogP contribution is 2.27. The largest absolute Gasteiger partial charge is 0.192 e. The van der Waals surface area contributed by atoms with Gasteiger partial charge in [-0.3, -0.25) is 0 Å². The van der Waals surface area contributed by atoms with E-state index in [2.05, 4.69) is 19.1 Å². The standard InChI is InChI=1S/C11H11N.C2H6/c1-8-5-6-9(7-12)11-4-2-3-10(8)11;1-2/h5-6H,2-4H2,1H3;1-2H3. The van der Waals surface area contributed by atoms with Gasteiger partial charge in [0.15, 0.2) is 0 Å². The van der Waals surface area contributed by atoms with Crippen LogP contribution < -0.4 is 0 Å². The van der Waals surface area contributed by atoms with Gasteiger partial charge in [0, 0.05) is 0 Å². The number of aryl methyl sites for hydroxylation is 1. The molecule has 0 spiro atoms. The minimum atomic E-state index is 0.883. The van der Waals surface area contributed by atoms with E-state index in [4.69, 9.17) is 5.26 Å². The van der Waals surface area contributed by atoms with Crippen LogP contribution in [0.1, 0.15) is 42.5 Å². The molecule has 0 amide bonds. The van der Waals surface area contributed by atoms with E-state index in [1.54, 1.807) is 0 Å². The van der Waals surface area contributed by atoms with Gasteiger partial charge in [-0.05, 0) is 48.9 Å². The highest BCUT2D eigenvalue weighted by molar-refractivity contribution is 5.48. The van der Waals surface area contributed by atoms with Crippen LogP contribution >= 0.6 is 0 Å². The van der Waals surface area contributed by atoms with Crippen molar-refractivity contribution in [2.24, 2.45) is 0 Å². The molecule has 14 heavy (non-hydrogen) atoms. The van der Waals surface area contributed by atoms with Gasteiger partial charge in [-0.1, -0.05) is 19.9 Å². The Morgan fingerprint density at radius 2 is 1.79 bits per heavy atom. The number of nitriles is 1. The van der Waals surface area contributed by atoms with Gasteiger partial charge in [-0.25, -0.2) is 0 Å². The second kappa shape index (κ2) is 4.81. The van der Waals surface area contributed by atoms with Crippen molar-refractivity contribution in [2.75, 3.05) is 0 Å². The van der Waals surface area contributed by atoms with E-state index in [0.717, 1.165) is 18.4 Å². The third-order valence-electron chi connectivity index (χ3n) is 2.64. The Morgan fingerprint density at radius 1 is 1.14 bits per heavy atom. The molecule has 1 aromatic rings. The molecule has 0 heterocycles. The number of benzene rings is 1. The third kappa shape index (κ3) is 1.80. The summed E-state index contributed by atoms with van der Waals surface area (Å²) in [4.78, 5) is 0. The first-order valence-corrected chi connectivity index (χ1v) is 5.34. The molecule has 0 N–H and O–H groups in total. The first-order valence-electron chi connectivity index (χ1n) is 5.34. The Morgan fingerprint density at radius 3 is 2.43 bits per heavy atom. The Kier molecular flexibility index (Phi) is 3.71. The summed E-state index contributed by atoms with van der Waals surface area (Å²) in [6.45, 7) is 6.13. The van der Waals surface area contributed by atoms with Gasteiger partial charge in [-0.15, -0.1) is 0 Å². The molecule has 0 saturated carbocycles. The molecular weight excluding hydrogens is 170 g/mol. The zero-order chi connectivity index (χ0) is 10.6. The summed E-state index contributed by atoms with van der Waals surface area (Å²) >= 11 is 0. The van der Waals surface area contributed by atoms with Crippen molar-refractivity contribution in [3.05, 3.63) is 34.4 Å². The van der Waals surface area contributed by atoms with Crippen LogP contribution in [0.2, 0.25) is 0 Å². The van der Waals surface area contributed by atoms with Gasteiger partial charge in [0.1, 0.15) is 0 Å². The molecular formula is C13H17N. The number of nitrogens with zero attached hydrogens (tertiary/aromatic N) is 1. The van der Waals surface area contributed by atoms with Crippen molar-refractivity contribution in [3.63, 3.8) is 0 Å². The maximum absolute atomic E-state index is 8.84. The van der Waals surface area contributed by atoms with Crippen molar-refractivity contribution < 1.29 is 0 Å². The van der Waals surface area contributed by atoms with Crippen LogP contribution in [-0.2, 0) is 12.8 Å². The lowest BCUT2D eigenvalue weighted by molar-refractivity contribution is 0.908. The fourth-order valence-electron chi connectivity index (χ4n) is 1.99. The smallest absolute Gasteiger partial charge is 0.0994 e. The maximum atomic E-state index is 8.84. The molecule has 0 bridgehead atoms. The van der Waals surface area contributed by atoms with Crippen LogP contribution in [0, 0.1) is 18.3 Å². The average molecular weight is 187 g/mol. The Hall–Kier alpha value is -1.29. The normalized spacial score (nSPS) is 12.4. The molecule has 2 rings (SSSR count). The van der Waals surface area contributed by atoms with Crippen molar-refractivity contribution in [3.8, 4) is 6.07 Å². The van der Waals surface area contributed by atoms with E-state index >= 15 is 0 Å². The molecule has 0 aromatic heterocycles. The Bertz CT molecular complexity index is 358. The summed E-state index contributed by atoms with van der Waals surface area (Å²) in [6, 6.07) is 6.26. The molecule has 74 valence electrons. The minimum absolute atomic E-state index is 0.883. The molecule has 1 nitrogen and oxygen atoms in total. The predicted octanol–water partition coefficient (Wildman–Crippen LogP) is 3.38. The zero-order valence-electron chi connectivity index (χ0n) is 9.22. The average Bonchev–Trinajstić information content (AvgIpc) is 2.71. The molecule has 0 fully saturated rings. The van der Waals surface area contributed by atoms with Gasteiger partial charge in [0.2, 0.25) is 0 Å². The first-order chi connectivity index (χ1) is 6.83. The quantitative estimate of drug-likeness (QED) is 0.610. The molecule has 0 atom stereocenters. The highest BCUT2D eigenvalue weighted by Gasteiger charge is 2.15. The van der Waals surface area contributed by atoms with Crippen LogP contribution in [0.25, 0.3) is 0 Å². The van der Waals surface area contributed by atoms with Crippen LogP contribution in [0.3, 0.4) is 0 Å².